The van der Waals surface area contributed by atoms with Crippen molar-refractivity contribution in [3.05, 3.63) is 30.1 Å². The van der Waals surface area contributed by atoms with Gasteiger partial charge in [-0.05, 0) is 17.7 Å². The Morgan fingerprint density at radius 2 is 1.69 bits per heavy atom. The average Bonchev–Trinajstić information content (AvgIpc) is 2.15. The molecular formula is C8H14Cl2N6. The number of nitrogens with two attached hydrogens (primary N) is 3. The fourth-order valence-corrected chi connectivity index (χ4v) is 0.828. The van der Waals surface area contributed by atoms with Crippen molar-refractivity contribution >= 4 is 36.7 Å². The van der Waals surface area contributed by atoms with Crippen LogP contribution in [0.4, 0.5) is 0 Å². The maximum absolute atomic E-state index is 5.41. The minimum atomic E-state index is -0.0963. The smallest absolute Gasteiger partial charge is 0.218 e. The molecule has 0 saturated heterocycles. The van der Waals surface area contributed by atoms with Crippen LogP contribution >= 0.6 is 24.8 Å². The fraction of sp³-hybridized carbons (Fsp3) is 0.125. The third-order valence-electron chi connectivity index (χ3n) is 1.42. The van der Waals surface area contributed by atoms with E-state index in [2.05, 4.69) is 15.0 Å². The molecule has 0 aliphatic heterocycles. The van der Waals surface area contributed by atoms with Gasteiger partial charge in [-0.2, -0.15) is 4.99 Å². The molecule has 0 amide bonds. The van der Waals surface area contributed by atoms with Gasteiger partial charge in [0, 0.05) is 12.4 Å². The number of aliphatic imine (C=N–C) groups is 2. The van der Waals surface area contributed by atoms with Gasteiger partial charge in [0.1, 0.15) is 0 Å². The minimum absolute atomic E-state index is 0. The Hall–Kier alpha value is -1.53. The molecule has 0 aliphatic carbocycles. The summed E-state index contributed by atoms with van der Waals surface area (Å²) in [6.45, 7) is 0.436. The average molecular weight is 265 g/mol. The zero-order valence-electron chi connectivity index (χ0n) is 8.41. The quantitative estimate of drug-likeness (QED) is 0.516. The molecule has 1 aromatic heterocycles. The first-order valence-corrected chi connectivity index (χ1v) is 3.97. The van der Waals surface area contributed by atoms with Crippen molar-refractivity contribution < 1.29 is 0 Å². The number of nitrogens with zero attached hydrogens (tertiary/aromatic N) is 3. The highest BCUT2D eigenvalue weighted by Gasteiger charge is 1.91. The maximum atomic E-state index is 5.41. The molecule has 6 nitrogen and oxygen atoms in total. The fourth-order valence-electron chi connectivity index (χ4n) is 0.828. The Balaban J connectivity index is 0. The molecular weight excluding hydrogens is 251 g/mol. The maximum Gasteiger partial charge on any atom is 0.218 e. The summed E-state index contributed by atoms with van der Waals surface area (Å²) in [4.78, 5) is 11.4. The van der Waals surface area contributed by atoms with Gasteiger partial charge in [-0.3, -0.25) is 4.98 Å². The molecule has 0 atom stereocenters. The molecule has 0 bridgehead atoms. The molecule has 0 unspecified atom stereocenters. The SMILES string of the molecule is Cl.Cl.NC(N)=NC(N)=NCc1ccncc1. The van der Waals surface area contributed by atoms with Crippen LogP contribution in [0.5, 0.6) is 0 Å². The number of halogens is 2. The second-order valence-corrected chi connectivity index (χ2v) is 2.57. The Labute approximate surface area is 106 Å². The number of hydrogen-bond acceptors (Lipinski definition) is 2. The van der Waals surface area contributed by atoms with Gasteiger partial charge in [0.15, 0.2) is 5.96 Å². The highest BCUT2D eigenvalue weighted by Crippen LogP contribution is 1.97. The van der Waals surface area contributed by atoms with Crippen LogP contribution in [0.3, 0.4) is 0 Å². The van der Waals surface area contributed by atoms with Crippen LogP contribution in [-0.2, 0) is 6.54 Å². The van der Waals surface area contributed by atoms with E-state index in [0.29, 0.717) is 6.54 Å². The number of guanidine groups is 2. The van der Waals surface area contributed by atoms with Crippen molar-refractivity contribution in [3.63, 3.8) is 0 Å². The van der Waals surface area contributed by atoms with Crippen molar-refractivity contribution in [2.24, 2.45) is 27.2 Å². The van der Waals surface area contributed by atoms with Crippen molar-refractivity contribution in [2.75, 3.05) is 0 Å². The predicted octanol–water partition coefficient (Wildman–Crippen LogP) is 0.0133. The number of hydrogen-bond donors (Lipinski definition) is 3. The van der Waals surface area contributed by atoms with Crippen LogP contribution < -0.4 is 17.2 Å². The zero-order valence-corrected chi connectivity index (χ0v) is 10.0. The molecule has 0 radical (unpaired) electrons. The van der Waals surface area contributed by atoms with Crippen LogP contribution in [0, 0.1) is 0 Å². The van der Waals surface area contributed by atoms with Gasteiger partial charge in [0.05, 0.1) is 6.54 Å². The van der Waals surface area contributed by atoms with Crippen LogP contribution in [0.15, 0.2) is 34.5 Å². The Morgan fingerprint density at radius 1 is 1.12 bits per heavy atom. The van der Waals surface area contributed by atoms with Gasteiger partial charge < -0.3 is 17.2 Å². The lowest BCUT2D eigenvalue weighted by atomic mass is 10.3. The highest BCUT2D eigenvalue weighted by molar-refractivity contribution is 5.92. The van der Waals surface area contributed by atoms with Gasteiger partial charge in [-0.1, -0.05) is 0 Å². The summed E-state index contributed by atoms with van der Waals surface area (Å²) in [5.74, 6) is -0.0252. The largest absolute Gasteiger partial charge is 0.370 e. The number of aromatic nitrogens is 1. The molecule has 6 N–H and O–H groups in total. The van der Waals surface area contributed by atoms with E-state index in [0.717, 1.165) is 5.56 Å². The van der Waals surface area contributed by atoms with E-state index in [4.69, 9.17) is 17.2 Å². The summed E-state index contributed by atoms with van der Waals surface area (Å²) >= 11 is 0. The third kappa shape index (κ3) is 6.86. The highest BCUT2D eigenvalue weighted by atomic mass is 35.5. The molecule has 1 aromatic rings. The standard InChI is InChI=1S/C8H12N6.2ClH/c9-7(10)14-8(11)13-5-6-1-3-12-4-2-6;;/h1-4H,5H2,(H6,9,10,11,13,14);2*1H. The van der Waals surface area contributed by atoms with E-state index in [1.165, 1.54) is 0 Å². The normalized spacial score (nSPS) is 9.62. The summed E-state index contributed by atoms with van der Waals surface area (Å²) in [6.07, 6.45) is 3.36. The summed E-state index contributed by atoms with van der Waals surface area (Å²) < 4.78 is 0. The van der Waals surface area contributed by atoms with Crippen molar-refractivity contribution in [2.45, 2.75) is 6.54 Å². The van der Waals surface area contributed by atoms with Crippen LogP contribution in [-0.4, -0.2) is 16.9 Å². The summed E-state index contributed by atoms with van der Waals surface area (Å²) in [7, 11) is 0. The van der Waals surface area contributed by atoms with Crippen LogP contribution in [0.25, 0.3) is 0 Å². The number of rotatable bonds is 2. The third-order valence-corrected chi connectivity index (χ3v) is 1.42. The van der Waals surface area contributed by atoms with E-state index < -0.39 is 0 Å². The minimum Gasteiger partial charge on any atom is -0.370 e. The lowest BCUT2D eigenvalue weighted by Crippen LogP contribution is -2.26. The van der Waals surface area contributed by atoms with Gasteiger partial charge in [0.2, 0.25) is 5.96 Å². The monoisotopic (exact) mass is 264 g/mol. The van der Waals surface area contributed by atoms with E-state index in [1.807, 2.05) is 12.1 Å². The van der Waals surface area contributed by atoms with Crippen LogP contribution in [0.1, 0.15) is 5.56 Å². The molecule has 0 saturated carbocycles. The van der Waals surface area contributed by atoms with E-state index in [1.54, 1.807) is 12.4 Å². The van der Waals surface area contributed by atoms with E-state index in [-0.39, 0.29) is 36.7 Å². The van der Waals surface area contributed by atoms with Gasteiger partial charge >= 0.3 is 0 Å². The van der Waals surface area contributed by atoms with Crippen molar-refractivity contribution in [1.82, 2.24) is 4.98 Å². The predicted molar refractivity (Wildman–Crippen MR) is 69.9 cm³/mol. The lowest BCUT2D eigenvalue weighted by molar-refractivity contribution is 1.04. The first-order valence-electron chi connectivity index (χ1n) is 3.97. The Kier molecular flexibility index (Phi) is 9.24. The molecule has 90 valence electrons. The van der Waals surface area contributed by atoms with Gasteiger partial charge in [-0.15, -0.1) is 24.8 Å². The van der Waals surface area contributed by atoms with Crippen molar-refractivity contribution in [3.8, 4) is 0 Å². The second kappa shape index (κ2) is 8.75. The zero-order chi connectivity index (χ0) is 10.4. The molecule has 8 heteroatoms. The molecule has 1 rings (SSSR count). The number of pyridine rings is 1. The summed E-state index contributed by atoms with van der Waals surface area (Å²) in [6, 6.07) is 3.68. The molecule has 0 fully saturated rings. The topological polar surface area (TPSA) is 116 Å². The molecule has 0 aromatic carbocycles. The van der Waals surface area contributed by atoms with E-state index >= 15 is 0 Å². The molecule has 1 heterocycles. The molecule has 0 spiro atoms. The first-order chi connectivity index (χ1) is 6.68. The van der Waals surface area contributed by atoms with Gasteiger partial charge in [0.25, 0.3) is 0 Å². The Morgan fingerprint density at radius 3 is 2.19 bits per heavy atom. The van der Waals surface area contributed by atoms with Gasteiger partial charge in [-0.25, -0.2) is 4.99 Å². The lowest BCUT2D eigenvalue weighted by Gasteiger charge is -1.96. The summed E-state index contributed by atoms with van der Waals surface area (Å²) in [5, 5.41) is 0. The van der Waals surface area contributed by atoms with Crippen LogP contribution in [0.2, 0.25) is 0 Å². The van der Waals surface area contributed by atoms with Crippen molar-refractivity contribution in [1.29, 1.82) is 0 Å². The summed E-state index contributed by atoms with van der Waals surface area (Å²) in [5.41, 5.74) is 16.6. The van der Waals surface area contributed by atoms with E-state index in [9.17, 15) is 0 Å². The first kappa shape index (κ1) is 16.9. The second-order valence-electron chi connectivity index (χ2n) is 2.57. The molecule has 0 aliphatic rings. The molecule has 16 heavy (non-hydrogen) atoms. The Bertz CT molecular complexity index is 347.